The summed E-state index contributed by atoms with van der Waals surface area (Å²) in [5.41, 5.74) is 1.79. The Labute approximate surface area is 163 Å². The molecular formula is C17H14ClN5O3S. The standard InChI is InChI=1S/C17H14ClN5O3S/c1-11-4-2-3-5-14(11)22-10-19-21-17(22)27-9-16(24)20-13-7-6-12(18)8-15(13)23(25)26/h2-8,10H,9H2,1H3,(H,20,24). The van der Waals surface area contributed by atoms with Crippen molar-refractivity contribution >= 4 is 40.6 Å². The Morgan fingerprint density at radius 1 is 1.33 bits per heavy atom. The minimum absolute atomic E-state index is 0.0182. The highest BCUT2D eigenvalue weighted by molar-refractivity contribution is 7.99. The van der Waals surface area contributed by atoms with Crippen molar-refractivity contribution in [3.8, 4) is 5.69 Å². The number of aryl methyl sites for hydroxylation is 1. The number of thioether (sulfide) groups is 1. The molecule has 0 aliphatic heterocycles. The Kier molecular flexibility index (Phi) is 5.72. The molecule has 0 spiro atoms. The molecule has 10 heteroatoms. The van der Waals surface area contributed by atoms with Crippen LogP contribution in [0.3, 0.4) is 0 Å². The zero-order chi connectivity index (χ0) is 19.4. The van der Waals surface area contributed by atoms with Gasteiger partial charge in [0.15, 0.2) is 5.16 Å². The van der Waals surface area contributed by atoms with Gasteiger partial charge in [-0.25, -0.2) is 0 Å². The number of benzene rings is 2. The zero-order valence-corrected chi connectivity index (χ0v) is 15.7. The van der Waals surface area contributed by atoms with Crippen LogP contribution in [0.4, 0.5) is 11.4 Å². The van der Waals surface area contributed by atoms with E-state index in [4.69, 9.17) is 11.6 Å². The second kappa shape index (κ2) is 8.19. The van der Waals surface area contributed by atoms with E-state index in [0.717, 1.165) is 11.3 Å². The van der Waals surface area contributed by atoms with E-state index in [2.05, 4.69) is 15.5 Å². The predicted octanol–water partition coefficient (Wildman–Crippen LogP) is 3.87. The van der Waals surface area contributed by atoms with Gasteiger partial charge < -0.3 is 5.32 Å². The number of anilines is 1. The van der Waals surface area contributed by atoms with Gasteiger partial charge in [0.2, 0.25) is 5.91 Å². The van der Waals surface area contributed by atoms with E-state index in [0.29, 0.717) is 5.16 Å². The Balaban J connectivity index is 1.71. The van der Waals surface area contributed by atoms with Crippen LogP contribution >= 0.6 is 23.4 Å². The molecule has 0 saturated carbocycles. The van der Waals surface area contributed by atoms with Gasteiger partial charge in [0.1, 0.15) is 12.0 Å². The van der Waals surface area contributed by atoms with Crippen molar-refractivity contribution in [3.63, 3.8) is 0 Å². The number of para-hydroxylation sites is 1. The number of amides is 1. The van der Waals surface area contributed by atoms with Crippen LogP contribution in [0.5, 0.6) is 0 Å². The van der Waals surface area contributed by atoms with Crippen molar-refractivity contribution in [1.29, 1.82) is 0 Å². The van der Waals surface area contributed by atoms with Crippen LogP contribution in [0.15, 0.2) is 53.9 Å². The summed E-state index contributed by atoms with van der Waals surface area (Å²) in [6, 6.07) is 11.8. The van der Waals surface area contributed by atoms with E-state index in [1.54, 1.807) is 10.9 Å². The molecule has 0 bridgehead atoms. The maximum atomic E-state index is 12.2. The second-order valence-corrected chi connectivity index (χ2v) is 6.90. The molecule has 0 fully saturated rings. The number of rotatable bonds is 6. The molecule has 27 heavy (non-hydrogen) atoms. The summed E-state index contributed by atoms with van der Waals surface area (Å²) in [4.78, 5) is 22.7. The first-order chi connectivity index (χ1) is 13.0. The predicted molar refractivity (Wildman–Crippen MR) is 104 cm³/mol. The fraction of sp³-hybridized carbons (Fsp3) is 0.118. The quantitative estimate of drug-likeness (QED) is 0.380. The summed E-state index contributed by atoms with van der Waals surface area (Å²) in [6.45, 7) is 1.97. The number of nitrogens with one attached hydrogen (secondary N) is 1. The maximum absolute atomic E-state index is 12.2. The Morgan fingerprint density at radius 3 is 2.85 bits per heavy atom. The van der Waals surface area contributed by atoms with Crippen LogP contribution in [0.1, 0.15) is 5.56 Å². The molecule has 1 N–H and O–H groups in total. The molecule has 8 nitrogen and oxygen atoms in total. The first kappa shape index (κ1) is 18.9. The smallest absolute Gasteiger partial charge is 0.294 e. The van der Waals surface area contributed by atoms with Gasteiger partial charge in [0.25, 0.3) is 5.69 Å². The molecule has 2 aromatic carbocycles. The first-order valence-corrected chi connectivity index (χ1v) is 9.14. The Morgan fingerprint density at radius 2 is 2.11 bits per heavy atom. The fourth-order valence-corrected chi connectivity index (χ4v) is 3.29. The Bertz CT molecular complexity index is 1010. The lowest BCUT2D eigenvalue weighted by molar-refractivity contribution is -0.383. The number of nitro groups is 1. The summed E-state index contributed by atoms with van der Waals surface area (Å²) in [5, 5.41) is 22.4. The van der Waals surface area contributed by atoms with E-state index >= 15 is 0 Å². The van der Waals surface area contributed by atoms with Gasteiger partial charge in [0, 0.05) is 11.1 Å². The van der Waals surface area contributed by atoms with Crippen LogP contribution in [0.2, 0.25) is 5.02 Å². The van der Waals surface area contributed by atoms with Gasteiger partial charge in [0.05, 0.1) is 16.4 Å². The molecule has 0 atom stereocenters. The van der Waals surface area contributed by atoms with E-state index in [9.17, 15) is 14.9 Å². The fourth-order valence-electron chi connectivity index (χ4n) is 2.40. The summed E-state index contributed by atoms with van der Waals surface area (Å²) < 4.78 is 1.79. The van der Waals surface area contributed by atoms with Crippen LogP contribution < -0.4 is 5.32 Å². The minimum Gasteiger partial charge on any atom is -0.320 e. The number of halogens is 1. The summed E-state index contributed by atoms with van der Waals surface area (Å²) >= 11 is 6.96. The van der Waals surface area contributed by atoms with E-state index in [1.807, 2.05) is 31.2 Å². The minimum atomic E-state index is -0.594. The second-order valence-electron chi connectivity index (χ2n) is 5.53. The summed E-state index contributed by atoms with van der Waals surface area (Å²) in [7, 11) is 0. The average molecular weight is 404 g/mol. The molecule has 0 saturated heterocycles. The number of carbonyl (C=O) groups excluding carboxylic acids is 1. The molecule has 1 heterocycles. The van der Waals surface area contributed by atoms with E-state index in [1.165, 1.54) is 30.0 Å². The number of hydrogen-bond donors (Lipinski definition) is 1. The van der Waals surface area contributed by atoms with Crippen molar-refractivity contribution in [2.45, 2.75) is 12.1 Å². The summed E-state index contributed by atoms with van der Waals surface area (Å²) in [5.74, 6) is -0.380. The molecule has 0 aliphatic rings. The average Bonchev–Trinajstić information content (AvgIpc) is 3.10. The molecule has 1 aromatic heterocycles. The van der Waals surface area contributed by atoms with Crippen molar-refractivity contribution in [1.82, 2.24) is 14.8 Å². The number of aromatic nitrogens is 3. The highest BCUT2D eigenvalue weighted by Crippen LogP contribution is 2.28. The molecule has 3 rings (SSSR count). The lowest BCUT2D eigenvalue weighted by Crippen LogP contribution is -2.15. The first-order valence-electron chi connectivity index (χ1n) is 7.78. The number of nitrogens with zero attached hydrogens (tertiary/aromatic N) is 4. The van der Waals surface area contributed by atoms with Gasteiger partial charge in [-0.2, -0.15) is 0 Å². The molecule has 3 aromatic rings. The van der Waals surface area contributed by atoms with Gasteiger partial charge in [-0.3, -0.25) is 19.5 Å². The van der Waals surface area contributed by atoms with E-state index in [-0.39, 0.29) is 22.2 Å². The maximum Gasteiger partial charge on any atom is 0.294 e. The van der Waals surface area contributed by atoms with Gasteiger partial charge in [-0.15, -0.1) is 10.2 Å². The normalized spacial score (nSPS) is 10.6. The number of nitro benzene ring substituents is 1. The summed E-state index contributed by atoms with van der Waals surface area (Å²) in [6.07, 6.45) is 1.58. The monoisotopic (exact) mass is 403 g/mol. The third kappa shape index (κ3) is 4.44. The lowest BCUT2D eigenvalue weighted by Gasteiger charge is -2.09. The highest BCUT2D eigenvalue weighted by atomic mass is 35.5. The van der Waals surface area contributed by atoms with Gasteiger partial charge in [-0.05, 0) is 30.7 Å². The molecule has 138 valence electrons. The molecule has 0 unspecified atom stereocenters. The van der Waals surface area contributed by atoms with Crippen molar-refractivity contribution in [3.05, 3.63) is 69.5 Å². The van der Waals surface area contributed by atoms with Crippen molar-refractivity contribution in [2.75, 3.05) is 11.1 Å². The highest BCUT2D eigenvalue weighted by Gasteiger charge is 2.17. The number of hydrogen-bond acceptors (Lipinski definition) is 6. The largest absolute Gasteiger partial charge is 0.320 e. The molecule has 0 aliphatic carbocycles. The Hall–Kier alpha value is -2.91. The SMILES string of the molecule is Cc1ccccc1-n1cnnc1SCC(=O)Nc1ccc(Cl)cc1[N+](=O)[O-]. The number of carbonyl (C=O) groups is 1. The van der Waals surface area contributed by atoms with Gasteiger partial charge in [-0.1, -0.05) is 41.6 Å². The van der Waals surface area contributed by atoms with E-state index < -0.39 is 10.8 Å². The molecule has 1 amide bonds. The van der Waals surface area contributed by atoms with Crippen LogP contribution in [0, 0.1) is 17.0 Å². The van der Waals surface area contributed by atoms with Crippen molar-refractivity contribution in [2.24, 2.45) is 0 Å². The third-order valence-electron chi connectivity index (χ3n) is 3.65. The topological polar surface area (TPSA) is 103 Å². The van der Waals surface area contributed by atoms with Gasteiger partial charge >= 0.3 is 0 Å². The molecule has 0 radical (unpaired) electrons. The third-order valence-corrected chi connectivity index (χ3v) is 4.83. The lowest BCUT2D eigenvalue weighted by atomic mass is 10.2. The molecular weight excluding hydrogens is 390 g/mol. The van der Waals surface area contributed by atoms with Crippen molar-refractivity contribution < 1.29 is 9.72 Å². The zero-order valence-electron chi connectivity index (χ0n) is 14.1. The van der Waals surface area contributed by atoms with Crippen LogP contribution in [-0.4, -0.2) is 31.3 Å². The van der Waals surface area contributed by atoms with Crippen LogP contribution in [0.25, 0.3) is 5.69 Å². The van der Waals surface area contributed by atoms with Crippen LogP contribution in [-0.2, 0) is 4.79 Å².